The van der Waals surface area contributed by atoms with Gasteiger partial charge in [-0.05, 0) is 12.1 Å². The maximum Gasteiger partial charge on any atom is 0.253 e. The third kappa shape index (κ3) is 2.80. The van der Waals surface area contributed by atoms with E-state index in [0.29, 0.717) is 24.6 Å². The van der Waals surface area contributed by atoms with Gasteiger partial charge < -0.3 is 24.8 Å². The third-order valence-corrected chi connectivity index (χ3v) is 3.07. The molecule has 1 aromatic rings. The van der Waals surface area contributed by atoms with E-state index in [-0.39, 0.29) is 18.6 Å². The fourth-order valence-corrected chi connectivity index (χ4v) is 2.01. The van der Waals surface area contributed by atoms with Crippen molar-refractivity contribution in [3.63, 3.8) is 0 Å². The molecule has 1 saturated heterocycles. The van der Waals surface area contributed by atoms with Crippen molar-refractivity contribution in [2.24, 2.45) is 5.73 Å². The van der Waals surface area contributed by atoms with E-state index in [9.17, 15) is 4.79 Å². The Morgan fingerprint density at radius 1 is 1.37 bits per heavy atom. The van der Waals surface area contributed by atoms with Gasteiger partial charge in [0.05, 0.1) is 26.9 Å². The van der Waals surface area contributed by atoms with E-state index in [0.717, 1.165) is 5.69 Å². The number of hydrogen-bond donors (Lipinski definition) is 1. The van der Waals surface area contributed by atoms with Crippen LogP contribution in [0.25, 0.3) is 0 Å². The molecule has 6 heteroatoms. The highest BCUT2D eigenvalue weighted by Crippen LogP contribution is 2.32. The molecule has 1 fully saturated rings. The van der Waals surface area contributed by atoms with Gasteiger partial charge in [-0.15, -0.1) is 0 Å². The lowest BCUT2D eigenvalue weighted by molar-refractivity contribution is -0.128. The minimum atomic E-state index is -0.134. The van der Waals surface area contributed by atoms with Gasteiger partial charge in [-0.1, -0.05) is 0 Å². The topological polar surface area (TPSA) is 74.0 Å². The molecular weight excluding hydrogens is 248 g/mol. The molecule has 1 aliphatic rings. The van der Waals surface area contributed by atoms with Crippen LogP contribution in [0.1, 0.15) is 0 Å². The summed E-state index contributed by atoms with van der Waals surface area (Å²) in [5, 5.41) is 0. The zero-order valence-electron chi connectivity index (χ0n) is 11.1. The fourth-order valence-electron chi connectivity index (χ4n) is 2.01. The van der Waals surface area contributed by atoms with Crippen LogP contribution >= 0.6 is 0 Å². The van der Waals surface area contributed by atoms with Crippen LogP contribution < -0.4 is 20.1 Å². The number of nitrogens with two attached hydrogens (primary N) is 1. The second kappa shape index (κ2) is 5.90. The van der Waals surface area contributed by atoms with Crippen molar-refractivity contribution in [3.8, 4) is 11.5 Å². The standard InChI is InChI=1S/C13H18N2O4/c1-17-11-4-3-9(5-12(11)18-2)15-7-10(6-14)19-8-13(15)16/h3-5,10H,6-8,14H2,1-2H3. The summed E-state index contributed by atoms with van der Waals surface area (Å²) >= 11 is 0. The smallest absolute Gasteiger partial charge is 0.253 e. The maximum atomic E-state index is 11.9. The molecule has 1 heterocycles. The highest BCUT2D eigenvalue weighted by Gasteiger charge is 2.27. The van der Waals surface area contributed by atoms with E-state index in [4.69, 9.17) is 19.9 Å². The zero-order chi connectivity index (χ0) is 13.8. The molecule has 0 saturated carbocycles. The number of morpholine rings is 1. The van der Waals surface area contributed by atoms with Crippen LogP contribution in [0.15, 0.2) is 18.2 Å². The number of carbonyl (C=O) groups is 1. The summed E-state index contributed by atoms with van der Waals surface area (Å²) in [5.74, 6) is 1.13. The first kappa shape index (κ1) is 13.6. The zero-order valence-corrected chi connectivity index (χ0v) is 11.1. The lowest BCUT2D eigenvalue weighted by atomic mass is 10.2. The van der Waals surface area contributed by atoms with E-state index < -0.39 is 0 Å². The van der Waals surface area contributed by atoms with Crippen molar-refractivity contribution in [2.75, 3.05) is 38.8 Å². The molecule has 19 heavy (non-hydrogen) atoms. The fraction of sp³-hybridized carbons (Fsp3) is 0.462. The lowest BCUT2D eigenvalue weighted by Gasteiger charge is -2.32. The van der Waals surface area contributed by atoms with Gasteiger partial charge in [0.25, 0.3) is 5.91 Å². The Balaban J connectivity index is 2.27. The number of amides is 1. The van der Waals surface area contributed by atoms with Crippen LogP contribution in [0.4, 0.5) is 5.69 Å². The van der Waals surface area contributed by atoms with Gasteiger partial charge in [0, 0.05) is 18.3 Å². The Morgan fingerprint density at radius 3 is 2.74 bits per heavy atom. The minimum absolute atomic E-state index is 0.0518. The van der Waals surface area contributed by atoms with Gasteiger partial charge in [-0.2, -0.15) is 0 Å². The molecule has 1 aromatic carbocycles. The normalized spacial score (nSPS) is 19.4. The Bertz CT molecular complexity index is 464. The quantitative estimate of drug-likeness (QED) is 0.853. The SMILES string of the molecule is COc1ccc(N2CC(CN)OCC2=O)cc1OC. The summed E-state index contributed by atoms with van der Waals surface area (Å²) in [6.45, 7) is 0.887. The first-order valence-electron chi connectivity index (χ1n) is 6.03. The van der Waals surface area contributed by atoms with E-state index in [1.54, 1.807) is 31.3 Å². The summed E-state index contributed by atoms with van der Waals surface area (Å²) < 4.78 is 15.7. The molecule has 0 radical (unpaired) electrons. The average Bonchev–Trinajstić information content (AvgIpc) is 2.47. The predicted molar refractivity (Wildman–Crippen MR) is 70.7 cm³/mol. The van der Waals surface area contributed by atoms with Crippen LogP contribution in [0.5, 0.6) is 11.5 Å². The van der Waals surface area contributed by atoms with Crippen molar-refractivity contribution in [1.82, 2.24) is 0 Å². The van der Waals surface area contributed by atoms with E-state index in [1.165, 1.54) is 0 Å². The molecule has 0 spiro atoms. The number of methoxy groups -OCH3 is 2. The third-order valence-electron chi connectivity index (χ3n) is 3.07. The summed E-state index contributed by atoms with van der Waals surface area (Å²) in [4.78, 5) is 13.6. The molecular formula is C13H18N2O4. The molecule has 2 N–H and O–H groups in total. The number of nitrogens with zero attached hydrogens (tertiary/aromatic N) is 1. The molecule has 6 nitrogen and oxygen atoms in total. The Hall–Kier alpha value is -1.79. The van der Waals surface area contributed by atoms with Crippen molar-refractivity contribution >= 4 is 11.6 Å². The number of hydrogen-bond acceptors (Lipinski definition) is 5. The molecule has 1 atom stereocenters. The highest BCUT2D eigenvalue weighted by atomic mass is 16.5. The molecule has 1 amide bonds. The molecule has 1 unspecified atom stereocenters. The molecule has 2 rings (SSSR count). The maximum absolute atomic E-state index is 11.9. The number of anilines is 1. The second-order valence-electron chi connectivity index (χ2n) is 4.21. The van der Waals surface area contributed by atoms with Gasteiger partial charge in [0.1, 0.15) is 6.61 Å². The second-order valence-corrected chi connectivity index (χ2v) is 4.21. The highest BCUT2D eigenvalue weighted by molar-refractivity contribution is 5.95. The van der Waals surface area contributed by atoms with Crippen molar-refractivity contribution < 1.29 is 19.0 Å². The molecule has 0 aromatic heterocycles. The van der Waals surface area contributed by atoms with E-state index in [1.807, 2.05) is 6.07 Å². The summed E-state index contributed by atoms with van der Waals surface area (Å²) in [7, 11) is 3.13. The van der Waals surface area contributed by atoms with Gasteiger partial charge in [0.15, 0.2) is 11.5 Å². The van der Waals surface area contributed by atoms with Gasteiger partial charge >= 0.3 is 0 Å². The number of ether oxygens (including phenoxy) is 3. The number of benzene rings is 1. The van der Waals surface area contributed by atoms with Crippen molar-refractivity contribution in [1.29, 1.82) is 0 Å². The van der Waals surface area contributed by atoms with Crippen LogP contribution in [0.2, 0.25) is 0 Å². The predicted octanol–water partition coefficient (Wildman–Crippen LogP) is 0.394. The molecule has 1 aliphatic heterocycles. The van der Waals surface area contributed by atoms with Crippen LogP contribution in [0.3, 0.4) is 0 Å². The molecule has 0 bridgehead atoms. The Kier molecular flexibility index (Phi) is 4.24. The summed E-state index contributed by atoms with van der Waals surface area (Å²) in [6.07, 6.45) is -0.134. The first-order chi connectivity index (χ1) is 9.19. The summed E-state index contributed by atoms with van der Waals surface area (Å²) in [6, 6.07) is 5.36. The van der Waals surface area contributed by atoms with Crippen LogP contribution in [-0.4, -0.2) is 45.9 Å². The largest absolute Gasteiger partial charge is 0.493 e. The van der Waals surface area contributed by atoms with Gasteiger partial charge in [-0.25, -0.2) is 0 Å². The molecule has 104 valence electrons. The van der Waals surface area contributed by atoms with Crippen molar-refractivity contribution in [3.05, 3.63) is 18.2 Å². The lowest BCUT2D eigenvalue weighted by Crippen LogP contribution is -2.49. The Morgan fingerprint density at radius 2 is 2.11 bits per heavy atom. The Labute approximate surface area is 112 Å². The van der Waals surface area contributed by atoms with Crippen LogP contribution in [-0.2, 0) is 9.53 Å². The average molecular weight is 266 g/mol. The van der Waals surface area contributed by atoms with E-state index in [2.05, 4.69) is 0 Å². The van der Waals surface area contributed by atoms with Gasteiger partial charge in [0.2, 0.25) is 0 Å². The summed E-state index contributed by atoms with van der Waals surface area (Å²) in [5.41, 5.74) is 6.34. The van der Waals surface area contributed by atoms with E-state index >= 15 is 0 Å². The number of carbonyl (C=O) groups excluding carboxylic acids is 1. The van der Waals surface area contributed by atoms with Crippen molar-refractivity contribution in [2.45, 2.75) is 6.10 Å². The first-order valence-corrected chi connectivity index (χ1v) is 6.03. The minimum Gasteiger partial charge on any atom is -0.493 e. The molecule has 0 aliphatic carbocycles. The monoisotopic (exact) mass is 266 g/mol. The number of rotatable bonds is 4. The van der Waals surface area contributed by atoms with Crippen LogP contribution in [0, 0.1) is 0 Å². The van der Waals surface area contributed by atoms with Gasteiger partial charge in [-0.3, -0.25) is 4.79 Å².